The zero-order chi connectivity index (χ0) is 15.8. The predicted molar refractivity (Wildman–Crippen MR) is 91.0 cm³/mol. The van der Waals surface area contributed by atoms with Crippen LogP contribution in [0, 0.1) is 5.92 Å². The summed E-state index contributed by atoms with van der Waals surface area (Å²) in [7, 11) is 1.79. The number of halogens is 1. The summed E-state index contributed by atoms with van der Waals surface area (Å²) in [6.07, 6.45) is 0.770. The van der Waals surface area contributed by atoms with Gasteiger partial charge in [0.2, 0.25) is 5.91 Å². The molecule has 0 heterocycles. The van der Waals surface area contributed by atoms with E-state index in [4.69, 9.17) is 5.73 Å². The first-order chi connectivity index (χ1) is 9.95. The Morgan fingerprint density at radius 2 is 1.82 bits per heavy atom. The number of rotatable bonds is 7. The molecule has 0 saturated carbocycles. The minimum atomic E-state index is -0.0957. The van der Waals surface area contributed by atoms with Crippen LogP contribution in [0.25, 0.3) is 0 Å². The molecule has 6 heteroatoms. The van der Waals surface area contributed by atoms with Crippen molar-refractivity contribution in [1.29, 1.82) is 0 Å². The second kappa shape index (κ2) is 10.2. The van der Waals surface area contributed by atoms with Gasteiger partial charge in [-0.05, 0) is 30.7 Å². The van der Waals surface area contributed by atoms with E-state index in [1.807, 2.05) is 26.0 Å². The first-order valence-electron chi connectivity index (χ1n) is 7.28. The SMILES string of the molecule is CC(C)C(=O)N(C)Cc1ccc(C(=O)NCCCN)cc1.Cl. The Balaban J connectivity index is 0.00000441. The van der Waals surface area contributed by atoms with Gasteiger partial charge in [0.25, 0.3) is 5.91 Å². The Bertz CT molecular complexity index is 475. The van der Waals surface area contributed by atoms with Crippen LogP contribution in [-0.2, 0) is 11.3 Å². The summed E-state index contributed by atoms with van der Waals surface area (Å²) in [6, 6.07) is 7.31. The lowest BCUT2D eigenvalue weighted by Gasteiger charge is -2.19. The molecule has 0 unspecified atom stereocenters. The fourth-order valence-corrected chi connectivity index (χ4v) is 1.96. The minimum Gasteiger partial charge on any atom is -0.352 e. The van der Waals surface area contributed by atoms with Crippen LogP contribution in [0.3, 0.4) is 0 Å². The molecule has 2 amide bonds. The molecule has 0 atom stereocenters. The third-order valence-electron chi connectivity index (χ3n) is 3.17. The van der Waals surface area contributed by atoms with Gasteiger partial charge in [0.15, 0.2) is 0 Å². The van der Waals surface area contributed by atoms with Gasteiger partial charge in [-0.1, -0.05) is 26.0 Å². The molecule has 0 spiro atoms. The topological polar surface area (TPSA) is 75.4 Å². The van der Waals surface area contributed by atoms with Crippen LogP contribution in [0.2, 0.25) is 0 Å². The first kappa shape index (κ1) is 20.4. The summed E-state index contributed by atoms with van der Waals surface area (Å²) >= 11 is 0. The van der Waals surface area contributed by atoms with Crippen molar-refractivity contribution in [2.75, 3.05) is 20.1 Å². The number of carbonyl (C=O) groups excluding carboxylic acids is 2. The maximum Gasteiger partial charge on any atom is 0.251 e. The van der Waals surface area contributed by atoms with Crippen molar-refractivity contribution >= 4 is 24.2 Å². The fourth-order valence-electron chi connectivity index (χ4n) is 1.96. The lowest BCUT2D eigenvalue weighted by atomic mass is 10.1. The molecule has 22 heavy (non-hydrogen) atoms. The van der Waals surface area contributed by atoms with Crippen LogP contribution in [-0.4, -0.2) is 36.9 Å². The summed E-state index contributed by atoms with van der Waals surface area (Å²) in [4.78, 5) is 25.4. The molecule has 1 aromatic carbocycles. The van der Waals surface area contributed by atoms with Crippen molar-refractivity contribution < 1.29 is 9.59 Å². The molecule has 5 nitrogen and oxygen atoms in total. The molecule has 1 rings (SSSR count). The van der Waals surface area contributed by atoms with Gasteiger partial charge in [-0.2, -0.15) is 0 Å². The van der Waals surface area contributed by atoms with Crippen molar-refractivity contribution in [2.24, 2.45) is 11.7 Å². The van der Waals surface area contributed by atoms with Gasteiger partial charge in [-0.3, -0.25) is 9.59 Å². The number of hydrogen-bond donors (Lipinski definition) is 2. The Morgan fingerprint density at radius 1 is 1.23 bits per heavy atom. The average molecular weight is 328 g/mol. The van der Waals surface area contributed by atoms with Gasteiger partial charge in [-0.15, -0.1) is 12.4 Å². The second-order valence-electron chi connectivity index (χ2n) is 5.44. The van der Waals surface area contributed by atoms with E-state index >= 15 is 0 Å². The van der Waals surface area contributed by atoms with Gasteiger partial charge < -0.3 is 16.0 Å². The lowest BCUT2D eigenvalue weighted by molar-refractivity contribution is -0.133. The van der Waals surface area contributed by atoms with E-state index in [1.165, 1.54) is 0 Å². The van der Waals surface area contributed by atoms with E-state index in [-0.39, 0.29) is 30.1 Å². The molecular weight excluding hydrogens is 302 g/mol. The second-order valence-corrected chi connectivity index (χ2v) is 5.44. The van der Waals surface area contributed by atoms with Crippen LogP contribution in [0.1, 0.15) is 36.2 Å². The zero-order valence-corrected chi connectivity index (χ0v) is 14.3. The van der Waals surface area contributed by atoms with Crippen molar-refractivity contribution in [2.45, 2.75) is 26.8 Å². The van der Waals surface area contributed by atoms with E-state index < -0.39 is 0 Å². The quantitative estimate of drug-likeness (QED) is 0.750. The molecule has 124 valence electrons. The molecule has 0 aromatic heterocycles. The number of nitrogens with one attached hydrogen (secondary N) is 1. The molecule has 1 aromatic rings. The Hall–Kier alpha value is -1.59. The summed E-state index contributed by atoms with van der Waals surface area (Å²) in [5.74, 6) is 0.00260. The Morgan fingerprint density at radius 3 is 2.32 bits per heavy atom. The Labute approximate surface area is 138 Å². The lowest BCUT2D eigenvalue weighted by Crippen LogP contribution is -2.30. The molecule has 3 N–H and O–H groups in total. The van der Waals surface area contributed by atoms with Gasteiger partial charge in [-0.25, -0.2) is 0 Å². The van der Waals surface area contributed by atoms with Gasteiger partial charge >= 0.3 is 0 Å². The molecular formula is C16H26ClN3O2. The molecule has 0 saturated heterocycles. The van der Waals surface area contributed by atoms with Gasteiger partial charge in [0.1, 0.15) is 0 Å². The summed E-state index contributed by atoms with van der Waals surface area (Å²) < 4.78 is 0. The predicted octanol–water partition coefficient (Wildman–Crippen LogP) is 1.80. The van der Waals surface area contributed by atoms with Crippen LogP contribution < -0.4 is 11.1 Å². The number of nitrogens with two attached hydrogens (primary N) is 1. The van der Waals surface area contributed by atoms with E-state index in [0.717, 1.165) is 12.0 Å². The largest absolute Gasteiger partial charge is 0.352 e. The molecule has 0 fully saturated rings. The number of amides is 2. The van der Waals surface area contributed by atoms with E-state index in [9.17, 15) is 9.59 Å². The van der Waals surface area contributed by atoms with E-state index in [1.54, 1.807) is 24.1 Å². The summed E-state index contributed by atoms with van der Waals surface area (Å²) in [5, 5.41) is 2.81. The molecule has 0 aliphatic rings. The third kappa shape index (κ3) is 6.45. The molecule has 0 radical (unpaired) electrons. The maximum absolute atomic E-state index is 11.8. The van der Waals surface area contributed by atoms with Crippen molar-refractivity contribution in [3.05, 3.63) is 35.4 Å². The highest BCUT2D eigenvalue weighted by Crippen LogP contribution is 2.09. The number of nitrogens with zero attached hydrogens (tertiary/aromatic N) is 1. The van der Waals surface area contributed by atoms with Gasteiger partial charge in [0.05, 0.1) is 0 Å². The molecule has 0 bridgehead atoms. The standard InChI is InChI=1S/C16H25N3O2.ClH/c1-12(2)16(21)19(3)11-13-5-7-14(8-6-13)15(20)18-10-4-9-17;/h5-8,12H,4,9-11,17H2,1-3H3,(H,18,20);1H. The maximum atomic E-state index is 11.8. The third-order valence-corrected chi connectivity index (χ3v) is 3.17. The monoisotopic (exact) mass is 327 g/mol. The highest BCUT2D eigenvalue weighted by atomic mass is 35.5. The van der Waals surface area contributed by atoms with Gasteiger partial charge in [0, 0.05) is 31.6 Å². The normalized spacial score (nSPS) is 10.0. The fraction of sp³-hybridized carbons (Fsp3) is 0.500. The first-order valence-corrected chi connectivity index (χ1v) is 7.28. The molecule has 0 aliphatic heterocycles. The highest BCUT2D eigenvalue weighted by molar-refractivity contribution is 5.94. The van der Waals surface area contributed by atoms with Crippen LogP contribution in [0.4, 0.5) is 0 Å². The number of carbonyl (C=O) groups is 2. The van der Waals surface area contributed by atoms with E-state index in [0.29, 0.717) is 25.2 Å². The minimum absolute atomic E-state index is 0. The van der Waals surface area contributed by atoms with Crippen molar-refractivity contribution in [1.82, 2.24) is 10.2 Å². The molecule has 0 aliphatic carbocycles. The summed E-state index contributed by atoms with van der Waals surface area (Å²) in [6.45, 7) is 5.46. The van der Waals surface area contributed by atoms with Crippen molar-refractivity contribution in [3.8, 4) is 0 Å². The smallest absolute Gasteiger partial charge is 0.251 e. The van der Waals surface area contributed by atoms with E-state index in [2.05, 4.69) is 5.32 Å². The average Bonchev–Trinajstić information content (AvgIpc) is 2.47. The van der Waals surface area contributed by atoms with Crippen LogP contribution in [0.5, 0.6) is 0 Å². The number of hydrogen-bond acceptors (Lipinski definition) is 3. The number of benzene rings is 1. The summed E-state index contributed by atoms with van der Waals surface area (Å²) in [5.41, 5.74) is 7.01. The Kier molecular flexibility index (Phi) is 9.45. The van der Waals surface area contributed by atoms with Crippen LogP contribution >= 0.6 is 12.4 Å². The highest BCUT2D eigenvalue weighted by Gasteiger charge is 2.13. The zero-order valence-electron chi connectivity index (χ0n) is 13.5. The van der Waals surface area contributed by atoms with Crippen molar-refractivity contribution in [3.63, 3.8) is 0 Å². The van der Waals surface area contributed by atoms with Crippen LogP contribution in [0.15, 0.2) is 24.3 Å².